The Bertz CT molecular complexity index is 1240. The third kappa shape index (κ3) is 10.0. The van der Waals surface area contributed by atoms with Gasteiger partial charge >= 0.3 is 0 Å². The van der Waals surface area contributed by atoms with Gasteiger partial charge in [0.05, 0.1) is 0 Å². The van der Waals surface area contributed by atoms with Gasteiger partial charge in [0.15, 0.2) is 0 Å². The van der Waals surface area contributed by atoms with Gasteiger partial charge in [0.2, 0.25) is 0 Å². The highest BCUT2D eigenvalue weighted by Crippen LogP contribution is 2.32. The lowest BCUT2D eigenvalue weighted by molar-refractivity contribution is 0.446. The molecule has 0 amide bonds. The Morgan fingerprint density at radius 2 is 0.773 bits per heavy atom. The van der Waals surface area contributed by atoms with E-state index in [1.54, 1.807) is 0 Å². The summed E-state index contributed by atoms with van der Waals surface area (Å²) in [5.41, 5.74) is 22.1. The minimum atomic E-state index is 0.423. The lowest BCUT2D eigenvalue weighted by Crippen LogP contribution is -2.10. The standard InChI is InChI=1S/C42H56N2/c1-4-7-8-9-10-13-34(30-32-14-18-35(19-15-32)41(11-5-2)37-22-26-39(43)27-23-37)31-33-16-20-36(21-17-33)42(12-6-3)38-24-28-40(44)29-25-38/h14-29,34,41-42H,4-13,30-31,43-44H2,1-3H3. The molecule has 4 aromatic carbocycles. The topological polar surface area (TPSA) is 52.0 Å². The number of rotatable bonds is 18. The zero-order valence-corrected chi connectivity index (χ0v) is 27.6. The Morgan fingerprint density at radius 3 is 1.14 bits per heavy atom. The van der Waals surface area contributed by atoms with Crippen LogP contribution in [0.15, 0.2) is 97.1 Å². The van der Waals surface area contributed by atoms with E-state index in [1.165, 1.54) is 71.9 Å². The molecule has 0 bridgehead atoms. The Balaban J connectivity index is 1.47. The molecule has 0 aliphatic heterocycles. The molecule has 4 rings (SSSR count). The van der Waals surface area contributed by atoms with E-state index in [-0.39, 0.29) is 0 Å². The van der Waals surface area contributed by atoms with Gasteiger partial charge in [-0.25, -0.2) is 0 Å². The molecule has 0 spiro atoms. The second-order valence-corrected chi connectivity index (χ2v) is 13.0. The summed E-state index contributed by atoms with van der Waals surface area (Å²) in [5.74, 6) is 1.50. The molecule has 2 heteroatoms. The van der Waals surface area contributed by atoms with Crippen LogP contribution in [-0.2, 0) is 12.8 Å². The molecule has 0 fully saturated rings. The van der Waals surface area contributed by atoms with Crippen LogP contribution in [0.5, 0.6) is 0 Å². The highest BCUT2D eigenvalue weighted by atomic mass is 14.5. The highest BCUT2D eigenvalue weighted by molar-refractivity contribution is 5.44. The molecular formula is C42H56N2. The van der Waals surface area contributed by atoms with Crippen LogP contribution in [0.1, 0.15) is 130 Å². The van der Waals surface area contributed by atoms with Crippen LogP contribution in [0.3, 0.4) is 0 Å². The second-order valence-electron chi connectivity index (χ2n) is 13.0. The van der Waals surface area contributed by atoms with Crippen LogP contribution in [0.2, 0.25) is 0 Å². The van der Waals surface area contributed by atoms with Crippen molar-refractivity contribution in [1.29, 1.82) is 0 Å². The molecule has 4 N–H and O–H groups in total. The molecule has 0 heterocycles. The molecule has 2 unspecified atom stereocenters. The van der Waals surface area contributed by atoms with Crippen LogP contribution in [0.4, 0.5) is 11.4 Å². The van der Waals surface area contributed by atoms with E-state index >= 15 is 0 Å². The predicted octanol–water partition coefficient (Wildman–Crippen LogP) is 11.5. The maximum absolute atomic E-state index is 5.98. The largest absolute Gasteiger partial charge is 0.399 e. The molecule has 0 aromatic heterocycles. The van der Waals surface area contributed by atoms with Gasteiger partial charge in [-0.15, -0.1) is 0 Å². The quantitative estimate of drug-likeness (QED) is 0.0897. The van der Waals surface area contributed by atoms with Crippen LogP contribution >= 0.6 is 0 Å². The minimum absolute atomic E-state index is 0.423. The van der Waals surface area contributed by atoms with E-state index in [0.29, 0.717) is 17.8 Å². The molecule has 44 heavy (non-hydrogen) atoms. The zero-order valence-electron chi connectivity index (χ0n) is 27.6. The number of hydrogen-bond acceptors (Lipinski definition) is 2. The van der Waals surface area contributed by atoms with Gasteiger partial charge in [0.1, 0.15) is 0 Å². The number of hydrogen-bond donors (Lipinski definition) is 2. The van der Waals surface area contributed by atoms with Crippen molar-refractivity contribution in [2.75, 3.05) is 11.5 Å². The van der Waals surface area contributed by atoms with Crippen molar-refractivity contribution in [3.8, 4) is 0 Å². The van der Waals surface area contributed by atoms with E-state index in [0.717, 1.165) is 49.9 Å². The zero-order chi connectivity index (χ0) is 31.1. The van der Waals surface area contributed by atoms with Crippen molar-refractivity contribution in [2.24, 2.45) is 5.92 Å². The maximum Gasteiger partial charge on any atom is 0.0314 e. The number of nitrogens with two attached hydrogens (primary N) is 2. The van der Waals surface area contributed by atoms with Crippen molar-refractivity contribution in [1.82, 2.24) is 0 Å². The van der Waals surface area contributed by atoms with Gasteiger partial charge < -0.3 is 11.5 Å². The fourth-order valence-corrected chi connectivity index (χ4v) is 6.84. The predicted molar refractivity (Wildman–Crippen MR) is 192 cm³/mol. The molecule has 4 aromatic rings. The summed E-state index contributed by atoms with van der Waals surface area (Å²) in [6.45, 7) is 6.85. The summed E-state index contributed by atoms with van der Waals surface area (Å²) in [7, 11) is 0. The summed E-state index contributed by atoms with van der Waals surface area (Å²) < 4.78 is 0. The number of unbranched alkanes of at least 4 members (excludes halogenated alkanes) is 4. The van der Waals surface area contributed by atoms with Crippen molar-refractivity contribution < 1.29 is 0 Å². The first-order valence-corrected chi connectivity index (χ1v) is 17.4. The molecular weight excluding hydrogens is 532 g/mol. The van der Waals surface area contributed by atoms with Gasteiger partial charge in [0.25, 0.3) is 0 Å². The lowest BCUT2D eigenvalue weighted by Gasteiger charge is -2.21. The summed E-state index contributed by atoms with van der Waals surface area (Å²) in [6.07, 6.45) is 14.9. The molecule has 0 saturated carbocycles. The first-order chi connectivity index (χ1) is 21.5. The van der Waals surface area contributed by atoms with E-state index in [9.17, 15) is 0 Å². The molecule has 234 valence electrons. The van der Waals surface area contributed by atoms with Crippen molar-refractivity contribution in [3.63, 3.8) is 0 Å². The lowest BCUT2D eigenvalue weighted by atomic mass is 9.84. The smallest absolute Gasteiger partial charge is 0.0314 e. The molecule has 2 nitrogen and oxygen atoms in total. The fourth-order valence-electron chi connectivity index (χ4n) is 6.84. The fraction of sp³-hybridized carbons (Fsp3) is 0.429. The summed E-state index contributed by atoms with van der Waals surface area (Å²) in [4.78, 5) is 0. The van der Waals surface area contributed by atoms with Crippen LogP contribution in [-0.4, -0.2) is 0 Å². The Hall–Kier alpha value is -3.52. The Labute approximate surface area is 268 Å². The normalized spacial score (nSPS) is 13.4. The summed E-state index contributed by atoms with van der Waals surface area (Å²) in [6, 6.07) is 36.0. The number of nitrogen functional groups attached to an aromatic ring is 2. The van der Waals surface area contributed by atoms with Gasteiger partial charge in [-0.3, -0.25) is 0 Å². The molecule has 0 aliphatic carbocycles. The third-order valence-corrected chi connectivity index (χ3v) is 9.36. The van der Waals surface area contributed by atoms with Gasteiger partial charge in [-0.1, -0.05) is 139 Å². The number of anilines is 2. The molecule has 0 radical (unpaired) electrons. The van der Waals surface area contributed by atoms with Gasteiger partial charge in [-0.2, -0.15) is 0 Å². The van der Waals surface area contributed by atoms with E-state index in [2.05, 4.69) is 93.6 Å². The molecule has 0 saturated heterocycles. The Kier molecular flexibility index (Phi) is 13.4. The maximum atomic E-state index is 5.98. The van der Waals surface area contributed by atoms with Crippen LogP contribution in [0.25, 0.3) is 0 Å². The Morgan fingerprint density at radius 1 is 0.409 bits per heavy atom. The third-order valence-electron chi connectivity index (χ3n) is 9.36. The van der Waals surface area contributed by atoms with Gasteiger partial charge in [0, 0.05) is 23.2 Å². The SMILES string of the molecule is CCCCCCCC(Cc1ccc(C(CCC)c2ccc(N)cc2)cc1)Cc1ccc(C(CCC)c2ccc(N)cc2)cc1. The van der Waals surface area contributed by atoms with Crippen molar-refractivity contribution >= 4 is 11.4 Å². The second kappa shape index (κ2) is 17.7. The van der Waals surface area contributed by atoms with Gasteiger partial charge in [-0.05, 0) is 95.7 Å². The average Bonchev–Trinajstić information content (AvgIpc) is 3.04. The summed E-state index contributed by atoms with van der Waals surface area (Å²) in [5, 5.41) is 0. The minimum Gasteiger partial charge on any atom is -0.399 e. The molecule has 2 atom stereocenters. The van der Waals surface area contributed by atoms with Crippen molar-refractivity contribution in [3.05, 3.63) is 130 Å². The van der Waals surface area contributed by atoms with E-state index < -0.39 is 0 Å². The van der Waals surface area contributed by atoms with E-state index in [1.807, 2.05) is 24.3 Å². The monoisotopic (exact) mass is 588 g/mol. The molecule has 0 aliphatic rings. The van der Waals surface area contributed by atoms with E-state index in [4.69, 9.17) is 11.5 Å². The average molecular weight is 589 g/mol. The number of benzene rings is 4. The summed E-state index contributed by atoms with van der Waals surface area (Å²) >= 11 is 0. The van der Waals surface area contributed by atoms with Crippen LogP contribution in [0, 0.1) is 5.92 Å². The highest BCUT2D eigenvalue weighted by Gasteiger charge is 2.17. The first kappa shape index (κ1) is 33.4. The first-order valence-electron chi connectivity index (χ1n) is 17.4. The van der Waals surface area contributed by atoms with Crippen LogP contribution < -0.4 is 11.5 Å². The van der Waals surface area contributed by atoms with Crippen molar-refractivity contribution in [2.45, 2.75) is 110 Å².